The molecule has 3 nitrogen and oxygen atoms in total. The quantitative estimate of drug-likeness (QED) is 0.682. The molecule has 2 aromatic heterocycles. The van der Waals surface area contributed by atoms with Crippen LogP contribution in [0.25, 0.3) is 4.96 Å². The molecule has 0 unspecified atom stereocenters. The van der Waals surface area contributed by atoms with Crippen molar-refractivity contribution < 1.29 is 13.2 Å². The van der Waals surface area contributed by atoms with Gasteiger partial charge in [-0.1, -0.05) is 53.4 Å². The monoisotopic (exact) mass is 315 g/mol. The summed E-state index contributed by atoms with van der Waals surface area (Å²) in [4.78, 5) is 4.00. The molecular formula is C12H8F3N3S2. The van der Waals surface area contributed by atoms with Crippen molar-refractivity contribution in [3.8, 4) is 0 Å². The van der Waals surface area contributed by atoms with E-state index in [1.807, 2.05) is 30.3 Å². The number of aromatic nitrogens is 3. The van der Waals surface area contributed by atoms with E-state index in [4.69, 9.17) is 0 Å². The molecule has 8 heteroatoms. The van der Waals surface area contributed by atoms with Crippen LogP contribution in [0.5, 0.6) is 0 Å². The number of benzene rings is 1. The normalized spacial score (nSPS) is 12.2. The summed E-state index contributed by atoms with van der Waals surface area (Å²) in [6.07, 6.45) is -3.63. The summed E-state index contributed by atoms with van der Waals surface area (Å²) in [5.41, 5.74) is 0.261. The lowest BCUT2D eigenvalue weighted by Gasteiger charge is -2.02. The van der Waals surface area contributed by atoms with Gasteiger partial charge in [0.1, 0.15) is 0 Å². The molecule has 0 aliphatic heterocycles. The van der Waals surface area contributed by atoms with E-state index in [2.05, 4.69) is 10.1 Å². The Kier molecular flexibility index (Phi) is 3.43. The van der Waals surface area contributed by atoms with Crippen LogP contribution in [0, 0.1) is 0 Å². The highest BCUT2D eigenvalue weighted by Gasteiger charge is 2.35. The van der Waals surface area contributed by atoms with Crippen molar-refractivity contribution in [2.24, 2.45) is 0 Å². The van der Waals surface area contributed by atoms with E-state index >= 15 is 0 Å². The van der Waals surface area contributed by atoms with Crippen molar-refractivity contribution >= 4 is 28.1 Å². The van der Waals surface area contributed by atoms with Crippen LogP contribution < -0.4 is 0 Å². The van der Waals surface area contributed by atoms with Gasteiger partial charge in [0.25, 0.3) is 0 Å². The zero-order valence-corrected chi connectivity index (χ0v) is 11.6. The molecule has 0 atom stereocenters. The molecule has 0 spiro atoms. The molecule has 0 aliphatic carbocycles. The van der Waals surface area contributed by atoms with E-state index in [-0.39, 0.29) is 4.96 Å². The van der Waals surface area contributed by atoms with Crippen molar-refractivity contribution in [3.63, 3.8) is 0 Å². The van der Waals surface area contributed by atoms with Crippen molar-refractivity contribution in [2.45, 2.75) is 16.3 Å². The SMILES string of the molecule is FC(F)(F)c1cnc2sc(SCc3ccccc3)nn12. The summed E-state index contributed by atoms with van der Waals surface area (Å²) in [5.74, 6) is 0.666. The van der Waals surface area contributed by atoms with Gasteiger partial charge >= 0.3 is 6.18 Å². The molecule has 3 rings (SSSR count). The van der Waals surface area contributed by atoms with Gasteiger partial charge < -0.3 is 0 Å². The zero-order chi connectivity index (χ0) is 14.2. The molecule has 0 N–H and O–H groups in total. The van der Waals surface area contributed by atoms with Gasteiger partial charge in [-0.2, -0.15) is 17.7 Å². The van der Waals surface area contributed by atoms with E-state index in [9.17, 15) is 13.2 Å². The predicted octanol–water partition coefficient (Wildman–Crippen LogP) is 4.10. The summed E-state index contributed by atoms with van der Waals surface area (Å²) < 4.78 is 39.6. The molecule has 0 amide bonds. The summed E-state index contributed by atoms with van der Waals surface area (Å²) in [5, 5.41) is 3.97. The van der Waals surface area contributed by atoms with Crippen molar-refractivity contribution in [3.05, 3.63) is 47.8 Å². The molecule has 0 radical (unpaired) electrons. The van der Waals surface area contributed by atoms with Gasteiger partial charge in [0, 0.05) is 5.75 Å². The maximum atomic E-state index is 12.7. The summed E-state index contributed by atoms with van der Waals surface area (Å²) in [6, 6.07) is 9.69. The van der Waals surface area contributed by atoms with Crippen LogP contribution in [0.3, 0.4) is 0 Å². The highest BCUT2D eigenvalue weighted by Crippen LogP contribution is 2.33. The predicted molar refractivity (Wildman–Crippen MR) is 71.9 cm³/mol. The van der Waals surface area contributed by atoms with Crippen molar-refractivity contribution in [1.82, 2.24) is 14.6 Å². The Balaban J connectivity index is 1.82. The van der Waals surface area contributed by atoms with Gasteiger partial charge in [-0.3, -0.25) is 0 Å². The van der Waals surface area contributed by atoms with Gasteiger partial charge in [-0.15, -0.1) is 5.10 Å². The van der Waals surface area contributed by atoms with Gasteiger partial charge in [0.2, 0.25) is 4.96 Å². The molecule has 0 saturated heterocycles. The van der Waals surface area contributed by atoms with E-state index in [1.165, 1.54) is 11.8 Å². The first-order valence-electron chi connectivity index (χ1n) is 5.62. The van der Waals surface area contributed by atoms with Crippen LogP contribution in [-0.4, -0.2) is 14.6 Å². The average molecular weight is 315 g/mol. The number of rotatable bonds is 3. The maximum Gasteiger partial charge on any atom is 0.435 e. The third-order valence-electron chi connectivity index (χ3n) is 2.56. The number of fused-ring (bicyclic) bond motifs is 1. The standard InChI is InChI=1S/C12H8F3N3S2/c13-12(14,15)9-6-16-10-18(9)17-11(20-10)19-7-8-4-2-1-3-5-8/h1-6H,7H2. The third kappa shape index (κ3) is 2.66. The fraction of sp³-hybridized carbons (Fsp3) is 0.167. The highest BCUT2D eigenvalue weighted by atomic mass is 32.2. The minimum Gasteiger partial charge on any atom is -0.225 e. The van der Waals surface area contributed by atoms with Crippen LogP contribution in [0.2, 0.25) is 0 Å². The van der Waals surface area contributed by atoms with Gasteiger partial charge in [0.05, 0.1) is 6.20 Å². The fourth-order valence-electron chi connectivity index (χ4n) is 1.65. The minimum atomic E-state index is -4.44. The number of hydrogen-bond acceptors (Lipinski definition) is 4. The topological polar surface area (TPSA) is 30.2 Å². The minimum absolute atomic E-state index is 0.257. The third-order valence-corrected chi connectivity index (χ3v) is 4.69. The number of alkyl halides is 3. The molecule has 20 heavy (non-hydrogen) atoms. The number of hydrogen-bond donors (Lipinski definition) is 0. The Morgan fingerprint density at radius 3 is 2.65 bits per heavy atom. The van der Waals surface area contributed by atoms with Crippen LogP contribution in [-0.2, 0) is 11.9 Å². The Morgan fingerprint density at radius 2 is 1.95 bits per heavy atom. The Bertz CT molecular complexity index is 718. The van der Waals surface area contributed by atoms with Crippen LogP contribution in [0.15, 0.2) is 40.9 Å². The maximum absolute atomic E-state index is 12.7. The van der Waals surface area contributed by atoms with Crippen LogP contribution >= 0.6 is 23.1 Å². The molecule has 0 bridgehead atoms. The second-order valence-corrected chi connectivity index (χ2v) is 6.16. The molecule has 0 saturated carbocycles. The fourth-order valence-corrected chi connectivity index (χ4v) is 3.51. The average Bonchev–Trinajstić information content (AvgIpc) is 2.95. The first-order valence-corrected chi connectivity index (χ1v) is 7.43. The summed E-state index contributed by atoms with van der Waals surface area (Å²) >= 11 is 2.56. The lowest BCUT2D eigenvalue weighted by molar-refractivity contribution is -0.142. The Labute approximate surface area is 120 Å². The number of imidazole rings is 1. The number of thioether (sulfide) groups is 1. The van der Waals surface area contributed by atoms with Crippen molar-refractivity contribution in [1.29, 1.82) is 0 Å². The summed E-state index contributed by atoms with van der Waals surface area (Å²) in [7, 11) is 0. The second kappa shape index (κ2) is 5.10. The molecular weight excluding hydrogens is 307 g/mol. The number of halogens is 3. The molecule has 2 heterocycles. The molecule has 0 aliphatic rings. The smallest absolute Gasteiger partial charge is 0.225 e. The van der Waals surface area contributed by atoms with Crippen molar-refractivity contribution in [2.75, 3.05) is 0 Å². The molecule has 1 aromatic carbocycles. The molecule has 104 valence electrons. The van der Waals surface area contributed by atoms with Crippen LogP contribution in [0.1, 0.15) is 11.3 Å². The highest BCUT2D eigenvalue weighted by molar-refractivity contribution is 8.00. The molecule has 3 aromatic rings. The Hall–Kier alpha value is -1.54. The van der Waals surface area contributed by atoms with E-state index < -0.39 is 11.9 Å². The second-order valence-electron chi connectivity index (χ2n) is 3.98. The van der Waals surface area contributed by atoms with Gasteiger partial charge in [-0.25, -0.2) is 4.98 Å². The van der Waals surface area contributed by atoms with Gasteiger partial charge in [-0.05, 0) is 5.56 Å². The number of nitrogens with zero attached hydrogens (tertiary/aromatic N) is 3. The largest absolute Gasteiger partial charge is 0.435 e. The first kappa shape index (κ1) is 13.4. The summed E-state index contributed by atoms with van der Waals surface area (Å²) in [6.45, 7) is 0. The van der Waals surface area contributed by atoms with E-state index in [0.717, 1.165) is 27.6 Å². The van der Waals surface area contributed by atoms with Gasteiger partial charge in [0.15, 0.2) is 10.0 Å². The zero-order valence-electron chi connectivity index (χ0n) is 9.96. The van der Waals surface area contributed by atoms with Crippen LogP contribution in [0.4, 0.5) is 13.2 Å². The lowest BCUT2D eigenvalue weighted by Crippen LogP contribution is -2.09. The van der Waals surface area contributed by atoms with E-state index in [1.54, 1.807) is 0 Å². The molecule has 0 fully saturated rings. The first-order chi connectivity index (χ1) is 9.54. The lowest BCUT2D eigenvalue weighted by atomic mass is 10.2. The Morgan fingerprint density at radius 1 is 1.20 bits per heavy atom. The van der Waals surface area contributed by atoms with E-state index in [0.29, 0.717) is 10.1 Å².